The first-order valence-electron chi connectivity index (χ1n) is 10.8. The van der Waals surface area contributed by atoms with Gasteiger partial charge < -0.3 is 10.2 Å². The van der Waals surface area contributed by atoms with Crippen LogP contribution in [-0.4, -0.2) is 60.0 Å². The third-order valence-corrected chi connectivity index (χ3v) is 6.18. The lowest BCUT2D eigenvalue weighted by Gasteiger charge is -2.34. The molecule has 0 aromatic carbocycles. The van der Waals surface area contributed by atoms with Crippen LogP contribution in [0.2, 0.25) is 0 Å². The molecule has 2 aliphatic rings. The molecule has 150 valence electrons. The molecule has 1 unspecified atom stereocenters. The van der Waals surface area contributed by atoms with E-state index in [0.717, 1.165) is 58.1 Å². The summed E-state index contributed by atoms with van der Waals surface area (Å²) in [4.78, 5) is 25.8. The highest BCUT2D eigenvalue weighted by Gasteiger charge is 2.25. The predicted molar refractivity (Wildman–Crippen MR) is 109 cm³/mol. The average molecular weight is 374 g/mol. The standard InChI is InChI=1S/C21H35N5O/c1-18(19-8-3-2-4-9-19)20(27)22-10-5-6-13-25-14-16-26(17-15-25)21-23-11-7-12-24-21/h7,11-12,18-19H,2-6,8-10,13-17H2,1H3,(H,22,27). The third kappa shape index (κ3) is 6.16. The van der Waals surface area contributed by atoms with E-state index in [1.807, 2.05) is 6.07 Å². The molecule has 1 N–H and O–H groups in total. The molecule has 1 atom stereocenters. The first-order chi connectivity index (χ1) is 13.2. The maximum atomic E-state index is 12.3. The highest BCUT2D eigenvalue weighted by Crippen LogP contribution is 2.29. The summed E-state index contributed by atoms with van der Waals surface area (Å²) in [6.45, 7) is 8.12. The monoisotopic (exact) mass is 373 g/mol. The molecule has 6 heteroatoms. The lowest BCUT2D eigenvalue weighted by molar-refractivity contribution is -0.126. The molecule has 1 saturated heterocycles. The van der Waals surface area contributed by atoms with Crippen molar-refractivity contribution in [2.75, 3.05) is 44.2 Å². The topological polar surface area (TPSA) is 61.4 Å². The molecule has 1 amide bonds. The molecule has 27 heavy (non-hydrogen) atoms. The third-order valence-electron chi connectivity index (χ3n) is 6.18. The average Bonchev–Trinajstić information content (AvgIpc) is 2.74. The van der Waals surface area contributed by atoms with E-state index < -0.39 is 0 Å². The Labute approximate surface area is 163 Å². The van der Waals surface area contributed by atoms with E-state index in [2.05, 4.69) is 32.0 Å². The molecular weight excluding hydrogens is 338 g/mol. The molecule has 1 saturated carbocycles. The van der Waals surface area contributed by atoms with E-state index in [1.165, 1.54) is 32.1 Å². The Morgan fingerprint density at radius 2 is 1.81 bits per heavy atom. The van der Waals surface area contributed by atoms with Crippen LogP contribution in [0.5, 0.6) is 0 Å². The maximum absolute atomic E-state index is 12.3. The predicted octanol–water partition coefficient (Wildman–Crippen LogP) is 2.71. The number of anilines is 1. The Kier molecular flexibility index (Phi) is 7.87. The summed E-state index contributed by atoms with van der Waals surface area (Å²) in [5.41, 5.74) is 0. The quantitative estimate of drug-likeness (QED) is 0.710. The summed E-state index contributed by atoms with van der Waals surface area (Å²) >= 11 is 0. The number of amides is 1. The summed E-state index contributed by atoms with van der Waals surface area (Å²) in [5.74, 6) is 1.88. The van der Waals surface area contributed by atoms with Crippen molar-refractivity contribution < 1.29 is 4.79 Å². The number of hydrogen-bond donors (Lipinski definition) is 1. The maximum Gasteiger partial charge on any atom is 0.225 e. The van der Waals surface area contributed by atoms with Crippen LogP contribution in [0.4, 0.5) is 5.95 Å². The van der Waals surface area contributed by atoms with E-state index >= 15 is 0 Å². The van der Waals surface area contributed by atoms with Crippen LogP contribution in [0, 0.1) is 11.8 Å². The molecular formula is C21H35N5O. The van der Waals surface area contributed by atoms with Crippen molar-refractivity contribution in [2.24, 2.45) is 11.8 Å². The fourth-order valence-electron chi connectivity index (χ4n) is 4.31. The first-order valence-corrected chi connectivity index (χ1v) is 10.8. The van der Waals surface area contributed by atoms with Gasteiger partial charge in [0, 0.05) is 51.0 Å². The summed E-state index contributed by atoms with van der Waals surface area (Å²) in [5, 5.41) is 3.16. The number of aromatic nitrogens is 2. The van der Waals surface area contributed by atoms with Crippen molar-refractivity contribution in [2.45, 2.75) is 51.9 Å². The molecule has 2 heterocycles. The van der Waals surface area contributed by atoms with Gasteiger partial charge in [0.15, 0.2) is 0 Å². The van der Waals surface area contributed by atoms with Gasteiger partial charge in [-0.1, -0.05) is 26.2 Å². The molecule has 1 aromatic heterocycles. The molecule has 3 rings (SSSR count). The van der Waals surface area contributed by atoms with E-state index in [1.54, 1.807) is 12.4 Å². The normalized spacial score (nSPS) is 20.4. The summed E-state index contributed by atoms with van der Waals surface area (Å²) in [7, 11) is 0. The van der Waals surface area contributed by atoms with E-state index in [9.17, 15) is 4.79 Å². The largest absolute Gasteiger partial charge is 0.356 e. The van der Waals surface area contributed by atoms with Gasteiger partial charge in [0.1, 0.15) is 0 Å². The second-order valence-corrected chi connectivity index (χ2v) is 8.06. The minimum Gasteiger partial charge on any atom is -0.356 e. The van der Waals surface area contributed by atoms with Gasteiger partial charge in [-0.3, -0.25) is 9.69 Å². The summed E-state index contributed by atoms with van der Waals surface area (Å²) in [6, 6.07) is 1.86. The Balaban J connectivity index is 1.25. The minimum atomic E-state index is 0.179. The fourth-order valence-corrected chi connectivity index (χ4v) is 4.31. The van der Waals surface area contributed by atoms with Crippen molar-refractivity contribution in [3.8, 4) is 0 Å². The number of unbranched alkanes of at least 4 members (excludes halogenated alkanes) is 1. The molecule has 1 aliphatic heterocycles. The van der Waals surface area contributed by atoms with Crippen LogP contribution < -0.4 is 10.2 Å². The van der Waals surface area contributed by atoms with Gasteiger partial charge in [0.2, 0.25) is 11.9 Å². The Morgan fingerprint density at radius 3 is 2.52 bits per heavy atom. The van der Waals surface area contributed by atoms with E-state index in [4.69, 9.17) is 0 Å². The van der Waals surface area contributed by atoms with Gasteiger partial charge in [-0.25, -0.2) is 9.97 Å². The van der Waals surface area contributed by atoms with Gasteiger partial charge in [-0.05, 0) is 44.2 Å². The second-order valence-electron chi connectivity index (χ2n) is 8.06. The van der Waals surface area contributed by atoms with Gasteiger partial charge in [0.05, 0.1) is 0 Å². The van der Waals surface area contributed by atoms with Crippen LogP contribution in [0.1, 0.15) is 51.9 Å². The van der Waals surface area contributed by atoms with Crippen molar-refractivity contribution in [3.05, 3.63) is 18.5 Å². The van der Waals surface area contributed by atoms with Crippen molar-refractivity contribution in [1.29, 1.82) is 0 Å². The Bertz CT molecular complexity index is 553. The van der Waals surface area contributed by atoms with E-state index in [0.29, 0.717) is 5.92 Å². The van der Waals surface area contributed by atoms with Crippen LogP contribution >= 0.6 is 0 Å². The lowest BCUT2D eigenvalue weighted by Crippen LogP contribution is -2.47. The van der Waals surface area contributed by atoms with Crippen LogP contribution in [0.3, 0.4) is 0 Å². The van der Waals surface area contributed by atoms with Crippen molar-refractivity contribution >= 4 is 11.9 Å². The molecule has 0 bridgehead atoms. The number of nitrogens with zero attached hydrogens (tertiary/aromatic N) is 4. The van der Waals surface area contributed by atoms with Gasteiger partial charge in [0.25, 0.3) is 0 Å². The number of piperazine rings is 1. The highest BCUT2D eigenvalue weighted by atomic mass is 16.1. The fraction of sp³-hybridized carbons (Fsp3) is 0.762. The molecule has 0 spiro atoms. The van der Waals surface area contributed by atoms with Crippen LogP contribution in [0.25, 0.3) is 0 Å². The summed E-state index contributed by atoms with van der Waals surface area (Å²) in [6.07, 6.45) is 12.2. The van der Waals surface area contributed by atoms with Gasteiger partial charge in [-0.15, -0.1) is 0 Å². The Morgan fingerprint density at radius 1 is 1.11 bits per heavy atom. The van der Waals surface area contributed by atoms with Crippen molar-refractivity contribution in [1.82, 2.24) is 20.2 Å². The number of carbonyl (C=O) groups is 1. The zero-order valence-electron chi connectivity index (χ0n) is 16.8. The van der Waals surface area contributed by atoms with Gasteiger partial charge >= 0.3 is 0 Å². The zero-order valence-corrected chi connectivity index (χ0v) is 16.8. The zero-order chi connectivity index (χ0) is 18.9. The minimum absolute atomic E-state index is 0.179. The second kappa shape index (κ2) is 10.6. The first kappa shape index (κ1) is 20.1. The highest BCUT2D eigenvalue weighted by molar-refractivity contribution is 5.78. The molecule has 0 radical (unpaired) electrons. The van der Waals surface area contributed by atoms with Gasteiger partial charge in [-0.2, -0.15) is 0 Å². The molecule has 1 aliphatic carbocycles. The van der Waals surface area contributed by atoms with Crippen LogP contribution in [-0.2, 0) is 4.79 Å². The molecule has 2 fully saturated rings. The van der Waals surface area contributed by atoms with E-state index in [-0.39, 0.29) is 11.8 Å². The molecule has 6 nitrogen and oxygen atoms in total. The number of nitrogens with one attached hydrogen (secondary N) is 1. The number of rotatable bonds is 8. The lowest BCUT2D eigenvalue weighted by atomic mass is 9.80. The molecule has 1 aromatic rings. The smallest absolute Gasteiger partial charge is 0.225 e. The van der Waals surface area contributed by atoms with Crippen LogP contribution in [0.15, 0.2) is 18.5 Å². The number of carbonyl (C=O) groups excluding carboxylic acids is 1. The number of hydrogen-bond acceptors (Lipinski definition) is 5. The Hall–Kier alpha value is -1.69. The summed E-state index contributed by atoms with van der Waals surface area (Å²) < 4.78 is 0. The van der Waals surface area contributed by atoms with Crippen molar-refractivity contribution in [3.63, 3.8) is 0 Å². The SMILES string of the molecule is CC(C(=O)NCCCCN1CCN(c2ncccn2)CC1)C1CCCCC1.